The molecule has 1 aromatic heterocycles. The number of aromatic nitrogens is 2. The number of benzene rings is 1. The van der Waals surface area contributed by atoms with Gasteiger partial charge in [0.15, 0.2) is 0 Å². The second-order valence-corrected chi connectivity index (χ2v) is 4.88. The zero-order valence-electron chi connectivity index (χ0n) is 9.81. The topological polar surface area (TPSA) is 43.8 Å². The predicted molar refractivity (Wildman–Crippen MR) is 68.6 cm³/mol. The van der Waals surface area contributed by atoms with Gasteiger partial charge in [-0.05, 0) is 24.6 Å². The van der Waals surface area contributed by atoms with Crippen molar-refractivity contribution < 1.29 is 8.78 Å². The van der Waals surface area contributed by atoms with Crippen molar-refractivity contribution in [3.8, 4) is 0 Å². The van der Waals surface area contributed by atoms with Crippen LogP contribution in [0.15, 0.2) is 35.5 Å². The molecule has 0 saturated carbocycles. The molecule has 18 heavy (non-hydrogen) atoms. The highest BCUT2D eigenvalue weighted by Crippen LogP contribution is 2.29. The van der Waals surface area contributed by atoms with E-state index in [1.54, 1.807) is 0 Å². The van der Waals surface area contributed by atoms with Gasteiger partial charge in [0.1, 0.15) is 5.82 Å². The molecule has 0 bridgehead atoms. The molecule has 6 heteroatoms. The van der Waals surface area contributed by atoms with Crippen molar-refractivity contribution in [2.45, 2.75) is 24.1 Å². The number of nitrogens with zero attached hydrogens (tertiary/aromatic N) is 2. The molecular weight excluding hydrogens is 256 g/mol. The van der Waals surface area contributed by atoms with Crippen molar-refractivity contribution in [1.82, 2.24) is 9.55 Å². The number of hydrogen-bond acceptors (Lipinski definition) is 3. The van der Waals surface area contributed by atoms with Gasteiger partial charge in [-0.1, -0.05) is 6.07 Å². The van der Waals surface area contributed by atoms with Gasteiger partial charge in [-0.15, -0.1) is 11.8 Å². The molecule has 0 saturated heterocycles. The van der Waals surface area contributed by atoms with E-state index in [1.165, 1.54) is 24.2 Å². The molecule has 1 aromatic carbocycles. The summed E-state index contributed by atoms with van der Waals surface area (Å²) in [5.41, 5.74) is 7.57. The number of nitrogens with two attached hydrogens (primary N) is 1. The standard InChI is InChI=1S/C12H13F2N3S/c1-8-2-3-9(15)10(6-8)18-7-11-16-4-5-17(11)12(13)14/h2-6,12H,7,15H2,1H3. The molecule has 0 spiro atoms. The van der Waals surface area contributed by atoms with Crippen LogP contribution >= 0.6 is 11.8 Å². The SMILES string of the molecule is Cc1ccc(N)c(SCc2nccn2C(F)F)c1. The Morgan fingerprint density at radius 1 is 1.44 bits per heavy atom. The van der Waals surface area contributed by atoms with Gasteiger partial charge in [0.25, 0.3) is 0 Å². The monoisotopic (exact) mass is 269 g/mol. The third-order valence-corrected chi connectivity index (χ3v) is 3.55. The van der Waals surface area contributed by atoms with Gasteiger partial charge in [0.05, 0.1) is 5.75 Å². The molecule has 0 aliphatic carbocycles. The zero-order chi connectivity index (χ0) is 13.1. The van der Waals surface area contributed by atoms with Crippen molar-refractivity contribution in [3.63, 3.8) is 0 Å². The van der Waals surface area contributed by atoms with Crippen LogP contribution in [0, 0.1) is 6.92 Å². The van der Waals surface area contributed by atoms with Gasteiger partial charge in [0.2, 0.25) is 0 Å². The Labute approximate surface area is 108 Å². The van der Waals surface area contributed by atoms with Crippen molar-refractivity contribution in [2.24, 2.45) is 0 Å². The van der Waals surface area contributed by atoms with E-state index in [-0.39, 0.29) is 0 Å². The van der Waals surface area contributed by atoms with E-state index >= 15 is 0 Å². The first-order chi connectivity index (χ1) is 8.58. The lowest BCUT2D eigenvalue weighted by atomic mass is 10.2. The number of nitrogen functional groups attached to an aromatic ring is 1. The Balaban J connectivity index is 2.11. The summed E-state index contributed by atoms with van der Waals surface area (Å²) < 4.78 is 26.1. The minimum absolute atomic E-state index is 0.343. The highest BCUT2D eigenvalue weighted by molar-refractivity contribution is 7.98. The smallest absolute Gasteiger partial charge is 0.319 e. The number of alkyl halides is 2. The van der Waals surface area contributed by atoms with Gasteiger partial charge >= 0.3 is 6.55 Å². The summed E-state index contributed by atoms with van der Waals surface area (Å²) in [6, 6.07) is 5.67. The van der Waals surface area contributed by atoms with Gasteiger partial charge in [0, 0.05) is 23.0 Å². The summed E-state index contributed by atoms with van der Waals surface area (Å²) in [6.45, 7) is -0.596. The summed E-state index contributed by atoms with van der Waals surface area (Å²) in [5, 5.41) is 0. The number of imidazole rings is 1. The van der Waals surface area contributed by atoms with Gasteiger partial charge < -0.3 is 5.73 Å². The van der Waals surface area contributed by atoms with E-state index in [0.717, 1.165) is 15.0 Å². The minimum atomic E-state index is -2.56. The molecule has 96 valence electrons. The first-order valence-corrected chi connectivity index (χ1v) is 6.35. The van der Waals surface area contributed by atoms with E-state index < -0.39 is 6.55 Å². The highest BCUT2D eigenvalue weighted by Gasteiger charge is 2.12. The predicted octanol–water partition coefficient (Wildman–Crippen LogP) is 3.46. The molecule has 1 heterocycles. The first kappa shape index (κ1) is 12.9. The average Bonchev–Trinajstić information content (AvgIpc) is 2.79. The van der Waals surface area contributed by atoms with E-state index in [1.807, 2.05) is 25.1 Å². The molecule has 0 atom stereocenters. The summed E-state index contributed by atoms with van der Waals surface area (Å²) in [5.74, 6) is 0.709. The summed E-state index contributed by atoms with van der Waals surface area (Å²) >= 11 is 1.41. The van der Waals surface area contributed by atoms with Crippen LogP contribution < -0.4 is 5.73 Å². The molecule has 2 aromatic rings. The lowest BCUT2D eigenvalue weighted by Crippen LogP contribution is -2.02. The number of thioether (sulfide) groups is 1. The van der Waals surface area contributed by atoms with Crippen molar-refractivity contribution in [1.29, 1.82) is 0 Å². The Bertz CT molecular complexity index is 540. The van der Waals surface area contributed by atoms with Crippen LogP contribution in [0.2, 0.25) is 0 Å². The second kappa shape index (κ2) is 5.39. The average molecular weight is 269 g/mol. The van der Waals surface area contributed by atoms with Crippen LogP contribution in [0.1, 0.15) is 17.9 Å². The maximum absolute atomic E-state index is 12.6. The molecule has 2 N–H and O–H groups in total. The summed E-state index contributed by atoms with van der Waals surface area (Å²) in [7, 11) is 0. The normalized spacial score (nSPS) is 11.1. The van der Waals surface area contributed by atoms with E-state index in [2.05, 4.69) is 4.98 Å². The lowest BCUT2D eigenvalue weighted by Gasteiger charge is -2.08. The highest BCUT2D eigenvalue weighted by atomic mass is 32.2. The fourth-order valence-corrected chi connectivity index (χ4v) is 2.55. The Morgan fingerprint density at radius 2 is 2.22 bits per heavy atom. The van der Waals surface area contributed by atoms with Crippen LogP contribution in [0.5, 0.6) is 0 Å². The maximum Gasteiger partial charge on any atom is 0.319 e. The molecule has 0 amide bonds. The number of aryl methyl sites for hydroxylation is 1. The molecule has 0 fully saturated rings. The summed E-state index contributed by atoms with van der Waals surface area (Å²) in [4.78, 5) is 4.81. The number of anilines is 1. The molecule has 2 rings (SSSR count). The largest absolute Gasteiger partial charge is 0.398 e. The van der Waals surface area contributed by atoms with Gasteiger partial charge in [-0.25, -0.2) is 4.98 Å². The van der Waals surface area contributed by atoms with Crippen LogP contribution in [0.4, 0.5) is 14.5 Å². The second-order valence-electron chi connectivity index (χ2n) is 3.86. The molecule has 0 aliphatic heterocycles. The Hall–Kier alpha value is -1.56. The van der Waals surface area contributed by atoms with Crippen molar-refractivity contribution in [3.05, 3.63) is 42.0 Å². The van der Waals surface area contributed by atoms with Gasteiger partial charge in [-0.3, -0.25) is 4.57 Å². The minimum Gasteiger partial charge on any atom is -0.398 e. The number of hydrogen-bond donors (Lipinski definition) is 1. The van der Waals surface area contributed by atoms with Crippen LogP contribution in [0.25, 0.3) is 0 Å². The first-order valence-electron chi connectivity index (χ1n) is 5.36. The quantitative estimate of drug-likeness (QED) is 0.683. The lowest BCUT2D eigenvalue weighted by molar-refractivity contribution is 0.0678. The van der Waals surface area contributed by atoms with Gasteiger partial charge in [-0.2, -0.15) is 8.78 Å². The summed E-state index contributed by atoms with van der Waals surface area (Å²) in [6.07, 6.45) is 2.65. The van der Waals surface area contributed by atoms with Crippen LogP contribution in [0.3, 0.4) is 0 Å². The maximum atomic E-state index is 12.6. The molecule has 0 unspecified atom stereocenters. The Morgan fingerprint density at radius 3 is 2.94 bits per heavy atom. The van der Waals surface area contributed by atoms with E-state index in [4.69, 9.17) is 5.73 Å². The van der Waals surface area contributed by atoms with E-state index in [9.17, 15) is 8.78 Å². The zero-order valence-corrected chi connectivity index (χ0v) is 10.6. The van der Waals surface area contributed by atoms with Crippen LogP contribution in [-0.4, -0.2) is 9.55 Å². The number of rotatable bonds is 4. The fourth-order valence-electron chi connectivity index (χ4n) is 1.54. The molecular formula is C12H13F2N3S. The Kier molecular flexibility index (Phi) is 3.86. The van der Waals surface area contributed by atoms with Crippen molar-refractivity contribution in [2.75, 3.05) is 5.73 Å². The van der Waals surface area contributed by atoms with Crippen molar-refractivity contribution >= 4 is 17.4 Å². The number of halogens is 2. The molecule has 0 aliphatic rings. The fraction of sp³-hybridized carbons (Fsp3) is 0.250. The third kappa shape index (κ3) is 2.81. The van der Waals surface area contributed by atoms with E-state index in [0.29, 0.717) is 17.3 Å². The molecule has 0 radical (unpaired) electrons. The molecule has 3 nitrogen and oxygen atoms in total. The third-order valence-electron chi connectivity index (χ3n) is 2.48. The van der Waals surface area contributed by atoms with Crippen LogP contribution in [-0.2, 0) is 5.75 Å².